The van der Waals surface area contributed by atoms with E-state index in [-0.39, 0.29) is 0 Å². The van der Waals surface area contributed by atoms with E-state index in [1.54, 1.807) is 7.05 Å². The summed E-state index contributed by atoms with van der Waals surface area (Å²) in [6, 6.07) is 7.80. The maximum absolute atomic E-state index is 11.2. The Bertz CT molecular complexity index is 268. The first-order chi connectivity index (χ1) is 5.77. The Labute approximate surface area is 75.6 Å². The van der Waals surface area contributed by atoms with Crippen LogP contribution in [0.25, 0.3) is 0 Å². The van der Waals surface area contributed by atoms with Crippen LogP contribution in [0.4, 0.5) is 0 Å². The summed E-state index contributed by atoms with van der Waals surface area (Å²) in [5.41, 5.74) is 1.27. The smallest absolute Gasteiger partial charge is 0.124 e. The largest absolute Gasteiger partial charge is 0.238 e. The fraction of sp³-hybridized carbons (Fsp3) is 0.333. The van der Waals surface area contributed by atoms with E-state index in [4.69, 9.17) is 0 Å². The normalized spacial score (nSPS) is 12.8. The molecular weight excluding hydrogens is 170 g/mol. The van der Waals surface area contributed by atoms with Crippen molar-refractivity contribution in [1.29, 1.82) is 0 Å². The minimum Gasteiger partial charge on any atom is -0.238 e. The van der Waals surface area contributed by atoms with Crippen LogP contribution in [0.5, 0.6) is 0 Å². The van der Waals surface area contributed by atoms with E-state index in [1.807, 2.05) is 24.3 Å². The highest BCUT2D eigenvalue weighted by Gasteiger charge is 1.98. The molecule has 0 radical (unpaired) electrons. The molecule has 1 atom stereocenters. The van der Waals surface area contributed by atoms with Crippen LogP contribution < -0.4 is 4.72 Å². The molecule has 0 aromatic heterocycles. The minimum absolute atomic E-state index is 0.828. The number of benzene rings is 1. The van der Waals surface area contributed by atoms with Gasteiger partial charge in [-0.3, -0.25) is 0 Å². The van der Waals surface area contributed by atoms with Crippen LogP contribution in [-0.4, -0.2) is 11.3 Å². The Hall–Kier alpha value is -0.670. The molecule has 3 heteroatoms. The standard InChI is InChI=1S/C9H13NOS/c1-3-8-4-6-9(7-5-8)12(11)10-2/h4-7,10H,3H2,1-2H3. The van der Waals surface area contributed by atoms with Gasteiger partial charge in [-0.25, -0.2) is 8.93 Å². The fourth-order valence-electron chi connectivity index (χ4n) is 0.967. The van der Waals surface area contributed by atoms with Crippen molar-refractivity contribution in [2.45, 2.75) is 18.2 Å². The molecule has 66 valence electrons. The maximum atomic E-state index is 11.2. The molecule has 0 spiro atoms. The van der Waals surface area contributed by atoms with Crippen molar-refractivity contribution in [2.24, 2.45) is 0 Å². The van der Waals surface area contributed by atoms with E-state index in [0.29, 0.717) is 0 Å². The zero-order valence-corrected chi connectivity index (χ0v) is 8.15. The Morgan fingerprint density at radius 1 is 1.33 bits per heavy atom. The van der Waals surface area contributed by atoms with Gasteiger partial charge in [-0.05, 0) is 31.2 Å². The highest BCUT2D eigenvalue weighted by Crippen LogP contribution is 2.07. The minimum atomic E-state index is -1.05. The van der Waals surface area contributed by atoms with Gasteiger partial charge in [-0.1, -0.05) is 19.1 Å². The van der Waals surface area contributed by atoms with Crippen LogP contribution in [-0.2, 0) is 17.4 Å². The van der Waals surface area contributed by atoms with E-state index in [2.05, 4.69) is 11.6 Å². The molecule has 1 aromatic carbocycles. The molecule has 12 heavy (non-hydrogen) atoms. The Morgan fingerprint density at radius 2 is 1.92 bits per heavy atom. The molecule has 1 unspecified atom stereocenters. The van der Waals surface area contributed by atoms with Crippen molar-refractivity contribution in [3.63, 3.8) is 0 Å². The topological polar surface area (TPSA) is 29.1 Å². The van der Waals surface area contributed by atoms with Crippen LogP contribution >= 0.6 is 0 Å². The van der Waals surface area contributed by atoms with Gasteiger partial charge in [0.25, 0.3) is 0 Å². The first-order valence-electron chi connectivity index (χ1n) is 3.96. The predicted octanol–water partition coefficient (Wildman–Crippen LogP) is 1.49. The summed E-state index contributed by atoms with van der Waals surface area (Å²) in [6.07, 6.45) is 1.02. The molecule has 0 aliphatic heterocycles. The summed E-state index contributed by atoms with van der Waals surface area (Å²) in [7, 11) is 0.634. The molecule has 0 saturated carbocycles. The fourth-order valence-corrected chi connectivity index (χ4v) is 1.59. The first-order valence-corrected chi connectivity index (χ1v) is 5.11. The zero-order valence-electron chi connectivity index (χ0n) is 7.33. The van der Waals surface area contributed by atoms with E-state index in [0.717, 1.165) is 11.3 Å². The summed E-state index contributed by atoms with van der Waals surface area (Å²) in [5.74, 6) is 0. The van der Waals surface area contributed by atoms with E-state index in [1.165, 1.54) is 5.56 Å². The maximum Gasteiger partial charge on any atom is 0.124 e. The van der Waals surface area contributed by atoms with Gasteiger partial charge in [-0.15, -0.1) is 0 Å². The molecule has 0 aliphatic carbocycles. The first kappa shape index (κ1) is 9.42. The molecular formula is C9H13NOS. The van der Waals surface area contributed by atoms with E-state index < -0.39 is 11.0 Å². The third kappa shape index (κ3) is 2.16. The molecule has 0 amide bonds. The Kier molecular flexibility index (Phi) is 3.44. The van der Waals surface area contributed by atoms with Crippen LogP contribution in [0, 0.1) is 0 Å². The second kappa shape index (κ2) is 4.38. The van der Waals surface area contributed by atoms with Gasteiger partial charge in [0.15, 0.2) is 0 Å². The van der Waals surface area contributed by atoms with Gasteiger partial charge in [-0.2, -0.15) is 0 Å². The summed E-state index contributed by atoms with van der Waals surface area (Å²) >= 11 is 0. The Balaban J connectivity index is 2.84. The lowest BCUT2D eigenvalue weighted by Gasteiger charge is -2.00. The molecule has 1 aromatic rings. The van der Waals surface area contributed by atoms with Crippen LogP contribution in [0.2, 0.25) is 0 Å². The van der Waals surface area contributed by atoms with Crippen molar-refractivity contribution in [1.82, 2.24) is 4.72 Å². The molecule has 2 nitrogen and oxygen atoms in total. The summed E-state index contributed by atoms with van der Waals surface area (Å²) < 4.78 is 13.9. The lowest BCUT2D eigenvalue weighted by molar-refractivity contribution is 0.678. The van der Waals surface area contributed by atoms with Crippen molar-refractivity contribution < 1.29 is 4.21 Å². The third-order valence-corrected chi connectivity index (χ3v) is 2.80. The highest BCUT2D eigenvalue weighted by atomic mass is 32.2. The number of nitrogens with one attached hydrogen (secondary N) is 1. The van der Waals surface area contributed by atoms with Crippen molar-refractivity contribution in [2.75, 3.05) is 7.05 Å². The average Bonchev–Trinajstić information content (AvgIpc) is 2.17. The second-order valence-electron chi connectivity index (χ2n) is 2.47. The van der Waals surface area contributed by atoms with Crippen molar-refractivity contribution >= 4 is 11.0 Å². The van der Waals surface area contributed by atoms with Gasteiger partial charge >= 0.3 is 0 Å². The molecule has 1 N–H and O–H groups in total. The monoisotopic (exact) mass is 183 g/mol. The van der Waals surface area contributed by atoms with E-state index in [9.17, 15) is 4.21 Å². The van der Waals surface area contributed by atoms with Gasteiger partial charge in [0.2, 0.25) is 0 Å². The van der Waals surface area contributed by atoms with Crippen molar-refractivity contribution in [3.8, 4) is 0 Å². The third-order valence-electron chi connectivity index (χ3n) is 1.73. The van der Waals surface area contributed by atoms with Crippen LogP contribution in [0.15, 0.2) is 29.2 Å². The second-order valence-corrected chi connectivity index (χ2v) is 3.89. The van der Waals surface area contributed by atoms with Gasteiger partial charge < -0.3 is 0 Å². The predicted molar refractivity (Wildman–Crippen MR) is 51.3 cm³/mol. The average molecular weight is 183 g/mol. The highest BCUT2D eigenvalue weighted by molar-refractivity contribution is 7.83. The molecule has 0 bridgehead atoms. The molecule has 0 fully saturated rings. The Morgan fingerprint density at radius 3 is 2.33 bits per heavy atom. The number of hydrogen-bond acceptors (Lipinski definition) is 1. The lowest BCUT2D eigenvalue weighted by atomic mass is 10.2. The lowest BCUT2D eigenvalue weighted by Crippen LogP contribution is -2.10. The zero-order chi connectivity index (χ0) is 8.97. The van der Waals surface area contributed by atoms with Crippen LogP contribution in [0.3, 0.4) is 0 Å². The molecule has 0 aliphatic rings. The molecule has 1 rings (SSSR count). The number of rotatable bonds is 3. The van der Waals surface area contributed by atoms with Gasteiger partial charge in [0.05, 0.1) is 4.90 Å². The van der Waals surface area contributed by atoms with Gasteiger partial charge in [0.1, 0.15) is 11.0 Å². The summed E-state index contributed by atoms with van der Waals surface area (Å²) in [6.45, 7) is 2.10. The quantitative estimate of drug-likeness (QED) is 0.755. The molecule has 0 heterocycles. The SMILES string of the molecule is CCc1ccc(S(=O)NC)cc1. The summed E-state index contributed by atoms with van der Waals surface area (Å²) in [4.78, 5) is 0.828. The van der Waals surface area contributed by atoms with Gasteiger partial charge in [0, 0.05) is 0 Å². The summed E-state index contributed by atoms with van der Waals surface area (Å²) in [5, 5.41) is 0. The number of aryl methyl sites for hydroxylation is 1. The van der Waals surface area contributed by atoms with Crippen molar-refractivity contribution in [3.05, 3.63) is 29.8 Å². The molecule has 0 saturated heterocycles. The van der Waals surface area contributed by atoms with Crippen LogP contribution in [0.1, 0.15) is 12.5 Å². The number of hydrogen-bond donors (Lipinski definition) is 1. The van der Waals surface area contributed by atoms with E-state index >= 15 is 0 Å².